The number of thiazole rings is 1. The quantitative estimate of drug-likeness (QED) is 0.743. The van der Waals surface area contributed by atoms with E-state index in [0.717, 1.165) is 17.1 Å². The molecule has 1 aromatic heterocycles. The summed E-state index contributed by atoms with van der Waals surface area (Å²) in [5.74, 6) is -1.10. The van der Waals surface area contributed by atoms with Crippen LogP contribution in [0.25, 0.3) is 0 Å². The van der Waals surface area contributed by atoms with Gasteiger partial charge in [0.05, 0.1) is 16.5 Å². The highest BCUT2D eigenvalue weighted by atomic mass is 32.3. The number of hydrogen-bond donors (Lipinski definition) is 0. The largest absolute Gasteiger partial charge is 0.342 e. The molecular weight excluding hydrogens is 303 g/mol. The van der Waals surface area contributed by atoms with Crippen LogP contribution in [-0.4, -0.2) is 43.1 Å². The number of likely N-dealkylation sites (tertiary alicyclic amines) is 1. The van der Waals surface area contributed by atoms with Gasteiger partial charge in [0.1, 0.15) is 0 Å². The van der Waals surface area contributed by atoms with Crippen LogP contribution in [-0.2, 0) is 27.9 Å². The van der Waals surface area contributed by atoms with Gasteiger partial charge >= 0.3 is 10.2 Å². The first-order valence-electron chi connectivity index (χ1n) is 6.50. The Morgan fingerprint density at radius 1 is 1.55 bits per heavy atom. The second-order valence-corrected chi connectivity index (χ2v) is 7.31. The molecule has 1 aromatic rings. The average Bonchev–Trinajstić information content (AvgIpc) is 2.91. The molecule has 112 valence electrons. The summed E-state index contributed by atoms with van der Waals surface area (Å²) in [6, 6.07) is 0. The zero-order valence-corrected chi connectivity index (χ0v) is 12.8. The Hall–Kier alpha value is -1.02. The van der Waals surface area contributed by atoms with E-state index in [0.29, 0.717) is 19.5 Å². The zero-order valence-electron chi connectivity index (χ0n) is 11.2. The van der Waals surface area contributed by atoms with Crippen LogP contribution in [0.2, 0.25) is 0 Å². The molecule has 1 fully saturated rings. The molecule has 0 N–H and O–H groups in total. The summed E-state index contributed by atoms with van der Waals surface area (Å²) in [7, 11) is -4.51. The summed E-state index contributed by atoms with van der Waals surface area (Å²) in [6.07, 6.45) is 1.65. The first kappa shape index (κ1) is 15.4. The molecule has 20 heavy (non-hydrogen) atoms. The lowest BCUT2D eigenvalue weighted by atomic mass is 10.1. The van der Waals surface area contributed by atoms with Crippen molar-refractivity contribution in [2.45, 2.75) is 26.2 Å². The summed E-state index contributed by atoms with van der Waals surface area (Å²) >= 11 is 1.60. The van der Waals surface area contributed by atoms with Crippen molar-refractivity contribution in [1.29, 1.82) is 0 Å². The molecule has 8 heteroatoms. The number of carbonyl (C=O) groups excluding carboxylic acids is 1. The van der Waals surface area contributed by atoms with Crippen LogP contribution in [0.3, 0.4) is 0 Å². The monoisotopic (exact) mass is 320 g/mol. The number of aromatic nitrogens is 1. The average molecular weight is 320 g/mol. The summed E-state index contributed by atoms with van der Waals surface area (Å²) in [4.78, 5) is 17.8. The summed E-state index contributed by atoms with van der Waals surface area (Å²) in [5.41, 5.74) is 0.946. The molecular formula is C12H17FN2O3S2. The van der Waals surface area contributed by atoms with Gasteiger partial charge in [-0.25, -0.2) is 4.98 Å². The van der Waals surface area contributed by atoms with E-state index in [1.807, 2.05) is 12.3 Å². The SMILES string of the molecule is CCc1nc(CCN2CC(CS(=O)(=O)F)CC2=O)cs1. The van der Waals surface area contributed by atoms with Gasteiger partial charge in [-0.3, -0.25) is 4.79 Å². The molecule has 0 aromatic carbocycles. The fourth-order valence-electron chi connectivity index (χ4n) is 2.34. The first-order chi connectivity index (χ1) is 9.37. The predicted molar refractivity (Wildman–Crippen MR) is 74.8 cm³/mol. The van der Waals surface area contributed by atoms with Gasteiger partial charge in [0, 0.05) is 37.2 Å². The minimum absolute atomic E-state index is 0.107. The van der Waals surface area contributed by atoms with Crippen molar-refractivity contribution in [2.24, 2.45) is 5.92 Å². The third-order valence-corrected chi connectivity index (χ3v) is 5.18. The number of nitrogens with zero attached hydrogens (tertiary/aromatic N) is 2. The molecule has 1 amide bonds. The van der Waals surface area contributed by atoms with E-state index in [4.69, 9.17) is 0 Å². The van der Waals surface area contributed by atoms with Crippen LogP contribution in [0, 0.1) is 5.92 Å². The molecule has 2 rings (SSSR count). The number of carbonyl (C=O) groups is 1. The molecule has 0 bridgehead atoms. The second kappa shape index (κ2) is 6.17. The van der Waals surface area contributed by atoms with Crippen LogP contribution < -0.4 is 0 Å². The van der Waals surface area contributed by atoms with Crippen LogP contribution >= 0.6 is 11.3 Å². The lowest BCUT2D eigenvalue weighted by molar-refractivity contribution is -0.127. The van der Waals surface area contributed by atoms with Crippen molar-refractivity contribution in [3.05, 3.63) is 16.1 Å². The minimum Gasteiger partial charge on any atom is -0.342 e. The molecule has 1 unspecified atom stereocenters. The highest BCUT2D eigenvalue weighted by molar-refractivity contribution is 7.86. The van der Waals surface area contributed by atoms with Gasteiger partial charge in [-0.2, -0.15) is 8.42 Å². The molecule has 2 heterocycles. The van der Waals surface area contributed by atoms with Crippen LogP contribution in [0.5, 0.6) is 0 Å². The van der Waals surface area contributed by atoms with E-state index in [9.17, 15) is 17.1 Å². The van der Waals surface area contributed by atoms with Crippen molar-refractivity contribution in [1.82, 2.24) is 9.88 Å². The fourth-order valence-corrected chi connectivity index (χ4v) is 3.90. The van der Waals surface area contributed by atoms with E-state index >= 15 is 0 Å². The maximum Gasteiger partial charge on any atom is 0.302 e. The molecule has 1 aliphatic heterocycles. The van der Waals surface area contributed by atoms with E-state index in [1.54, 1.807) is 16.2 Å². The zero-order chi connectivity index (χ0) is 14.8. The fraction of sp³-hybridized carbons (Fsp3) is 0.667. The van der Waals surface area contributed by atoms with Gasteiger partial charge in [-0.1, -0.05) is 6.92 Å². The third kappa shape index (κ3) is 4.24. The number of aryl methyl sites for hydroxylation is 1. The van der Waals surface area contributed by atoms with E-state index in [-0.39, 0.29) is 12.3 Å². The highest BCUT2D eigenvalue weighted by Crippen LogP contribution is 2.20. The molecule has 0 spiro atoms. The van der Waals surface area contributed by atoms with Crippen molar-refractivity contribution in [2.75, 3.05) is 18.8 Å². The summed E-state index contributed by atoms with van der Waals surface area (Å²) < 4.78 is 33.8. The number of hydrogen-bond acceptors (Lipinski definition) is 5. The standard InChI is InChI=1S/C12H17FN2O3S2/c1-2-11-14-10(7-19-11)3-4-15-6-9(5-12(15)16)8-20(13,17)18/h7,9H,2-6,8H2,1H3. The van der Waals surface area contributed by atoms with Crippen LogP contribution in [0.1, 0.15) is 24.0 Å². The topological polar surface area (TPSA) is 67.3 Å². The number of rotatable bonds is 6. The summed E-state index contributed by atoms with van der Waals surface area (Å²) in [5, 5.41) is 3.04. The van der Waals surface area contributed by atoms with Crippen LogP contribution in [0.15, 0.2) is 5.38 Å². The Morgan fingerprint density at radius 3 is 2.90 bits per heavy atom. The molecule has 1 aliphatic rings. The highest BCUT2D eigenvalue weighted by Gasteiger charge is 2.32. The lowest BCUT2D eigenvalue weighted by Gasteiger charge is -2.15. The molecule has 0 radical (unpaired) electrons. The molecule has 1 atom stereocenters. The normalized spacial score (nSPS) is 19.8. The number of amides is 1. The van der Waals surface area contributed by atoms with Crippen molar-refractivity contribution in [3.63, 3.8) is 0 Å². The van der Waals surface area contributed by atoms with Gasteiger partial charge in [0.2, 0.25) is 5.91 Å². The second-order valence-electron chi connectivity index (χ2n) is 4.95. The van der Waals surface area contributed by atoms with Gasteiger partial charge in [-0.15, -0.1) is 15.2 Å². The molecule has 5 nitrogen and oxygen atoms in total. The maximum atomic E-state index is 12.6. The molecule has 0 saturated carbocycles. The Morgan fingerprint density at radius 2 is 2.30 bits per heavy atom. The third-order valence-electron chi connectivity index (χ3n) is 3.27. The van der Waals surface area contributed by atoms with Gasteiger partial charge in [-0.05, 0) is 6.42 Å². The van der Waals surface area contributed by atoms with Gasteiger partial charge < -0.3 is 4.90 Å². The molecule has 1 saturated heterocycles. The van der Waals surface area contributed by atoms with Crippen LogP contribution in [0.4, 0.5) is 3.89 Å². The summed E-state index contributed by atoms with van der Waals surface area (Å²) in [6.45, 7) is 2.86. The number of halogens is 1. The van der Waals surface area contributed by atoms with E-state index in [1.165, 1.54) is 0 Å². The minimum atomic E-state index is -4.51. The Bertz CT molecular complexity index is 585. The van der Waals surface area contributed by atoms with E-state index < -0.39 is 21.9 Å². The maximum absolute atomic E-state index is 12.6. The Labute approximate surface area is 122 Å². The van der Waals surface area contributed by atoms with Gasteiger partial charge in [0.15, 0.2) is 0 Å². The van der Waals surface area contributed by atoms with E-state index in [2.05, 4.69) is 4.98 Å². The predicted octanol–water partition coefficient (Wildman–Crippen LogP) is 1.40. The Kier molecular flexibility index (Phi) is 4.74. The molecule has 0 aliphatic carbocycles. The first-order valence-corrected chi connectivity index (χ1v) is 8.94. The lowest BCUT2D eigenvalue weighted by Crippen LogP contribution is -2.28. The van der Waals surface area contributed by atoms with Crippen molar-refractivity contribution < 1.29 is 17.1 Å². The smallest absolute Gasteiger partial charge is 0.302 e. The van der Waals surface area contributed by atoms with Crippen molar-refractivity contribution in [3.8, 4) is 0 Å². The Balaban J connectivity index is 1.86. The van der Waals surface area contributed by atoms with Gasteiger partial charge in [0.25, 0.3) is 0 Å². The van der Waals surface area contributed by atoms with Crippen molar-refractivity contribution >= 4 is 27.5 Å².